The molecule has 1 aromatic heterocycles. The maximum absolute atomic E-state index is 12.7. The van der Waals surface area contributed by atoms with Gasteiger partial charge in [0.25, 0.3) is 0 Å². The average molecular weight is 276 g/mol. The van der Waals surface area contributed by atoms with Crippen LogP contribution in [-0.4, -0.2) is 29.3 Å². The molecule has 5 nitrogen and oxygen atoms in total. The molecule has 1 aliphatic carbocycles. The number of nitrogens with one attached hydrogen (secondary N) is 1. The van der Waals surface area contributed by atoms with Gasteiger partial charge < -0.3 is 14.6 Å². The molecule has 1 unspecified atom stereocenters. The second-order valence-corrected chi connectivity index (χ2v) is 5.69. The van der Waals surface area contributed by atoms with Crippen molar-refractivity contribution in [1.29, 1.82) is 0 Å². The third-order valence-electron chi connectivity index (χ3n) is 4.28. The molecule has 0 spiro atoms. The lowest BCUT2D eigenvalue weighted by Gasteiger charge is -2.30. The standard InChI is InChI=1S/C15H20N2O3/c18-14-8-11(9-16-14)15(19)17(12-4-1-2-5-12)10-13-6-3-7-20-13/h3,6-7,11-12H,1-2,4-5,8-10H2,(H,16,18). The zero-order valence-electron chi connectivity index (χ0n) is 11.5. The first-order valence-electron chi connectivity index (χ1n) is 7.33. The minimum absolute atomic E-state index is 0.0206. The van der Waals surface area contributed by atoms with Crippen LogP contribution >= 0.6 is 0 Å². The molecule has 1 atom stereocenters. The molecule has 2 amide bonds. The molecular formula is C15H20N2O3. The predicted molar refractivity (Wildman–Crippen MR) is 72.6 cm³/mol. The molecule has 0 radical (unpaired) electrons. The van der Waals surface area contributed by atoms with E-state index in [1.807, 2.05) is 17.0 Å². The van der Waals surface area contributed by atoms with E-state index in [1.54, 1.807) is 6.26 Å². The highest BCUT2D eigenvalue weighted by molar-refractivity contribution is 5.89. The third-order valence-corrected chi connectivity index (χ3v) is 4.28. The predicted octanol–water partition coefficient (Wildman–Crippen LogP) is 1.69. The summed E-state index contributed by atoms with van der Waals surface area (Å²) in [5, 5.41) is 2.74. The second kappa shape index (κ2) is 5.69. The van der Waals surface area contributed by atoms with E-state index >= 15 is 0 Å². The molecule has 108 valence electrons. The van der Waals surface area contributed by atoms with Crippen molar-refractivity contribution in [3.8, 4) is 0 Å². The van der Waals surface area contributed by atoms with E-state index in [4.69, 9.17) is 4.42 Å². The largest absolute Gasteiger partial charge is 0.467 e. The number of rotatable bonds is 4. The lowest BCUT2D eigenvalue weighted by Crippen LogP contribution is -2.42. The van der Waals surface area contributed by atoms with E-state index in [0.717, 1.165) is 18.6 Å². The quantitative estimate of drug-likeness (QED) is 0.910. The Kier molecular flexibility index (Phi) is 3.76. The normalized spacial score (nSPS) is 23.0. The van der Waals surface area contributed by atoms with Crippen LogP contribution < -0.4 is 5.32 Å². The smallest absolute Gasteiger partial charge is 0.228 e. The van der Waals surface area contributed by atoms with Crippen molar-refractivity contribution in [3.05, 3.63) is 24.2 Å². The average Bonchev–Trinajstić information content (AvgIpc) is 3.17. The van der Waals surface area contributed by atoms with Crippen molar-refractivity contribution in [1.82, 2.24) is 10.2 Å². The molecule has 2 fully saturated rings. The molecule has 0 bridgehead atoms. The minimum Gasteiger partial charge on any atom is -0.467 e. The zero-order valence-corrected chi connectivity index (χ0v) is 11.5. The molecule has 2 heterocycles. The van der Waals surface area contributed by atoms with Gasteiger partial charge in [0, 0.05) is 19.0 Å². The fraction of sp³-hybridized carbons (Fsp3) is 0.600. The van der Waals surface area contributed by atoms with Gasteiger partial charge in [-0.15, -0.1) is 0 Å². The van der Waals surface area contributed by atoms with Gasteiger partial charge in [0.1, 0.15) is 5.76 Å². The summed E-state index contributed by atoms with van der Waals surface area (Å²) < 4.78 is 5.38. The molecule has 5 heteroatoms. The van der Waals surface area contributed by atoms with Crippen molar-refractivity contribution < 1.29 is 14.0 Å². The van der Waals surface area contributed by atoms with Crippen LogP contribution in [0, 0.1) is 5.92 Å². The molecule has 1 saturated carbocycles. The number of furan rings is 1. The number of carbonyl (C=O) groups is 2. The van der Waals surface area contributed by atoms with E-state index in [2.05, 4.69) is 5.32 Å². The van der Waals surface area contributed by atoms with Gasteiger partial charge in [0.05, 0.1) is 18.7 Å². The Hall–Kier alpha value is -1.78. The van der Waals surface area contributed by atoms with Gasteiger partial charge in [0.15, 0.2) is 0 Å². The summed E-state index contributed by atoms with van der Waals surface area (Å²) in [7, 11) is 0. The Morgan fingerprint density at radius 1 is 1.40 bits per heavy atom. The number of carbonyl (C=O) groups excluding carboxylic acids is 2. The summed E-state index contributed by atoms with van der Waals surface area (Å²) in [6.45, 7) is 0.986. The first kappa shape index (κ1) is 13.2. The van der Waals surface area contributed by atoms with E-state index in [-0.39, 0.29) is 17.7 Å². The van der Waals surface area contributed by atoms with Gasteiger partial charge in [-0.1, -0.05) is 12.8 Å². The van der Waals surface area contributed by atoms with Gasteiger partial charge in [0.2, 0.25) is 11.8 Å². The Bertz CT molecular complexity index is 477. The van der Waals surface area contributed by atoms with Crippen LogP contribution in [0.1, 0.15) is 37.9 Å². The van der Waals surface area contributed by atoms with Crippen LogP contribution in [0.5, 0.6) is 0 Å². The van der Waals surface area contributed by atoms with Crippen LogP contribution in [0.25, 0.3) is 0 Å². The summed E-state index contributed by atoms with van der Waals surface area (Å²) >= 11 is 0. The first-order valence-corrected chi connectivity index (χ1v) is 7.33. The highest BCUT2D eigenvalue weighted by atomic mass is 16.3. The lowest BCUT2D eigenvalue weighted by atomic mass is 10.0. The molecular weight excluding hydrogens is 256 g/mol. The number of hydrogen-bond acceptors (Lipinski definition) is 3. The molecule has 0 aromatic carbocycles. The summed E-state index contributed by atoms with van der Waals surface area (Å²) in [5.41, 5.74) is 0. The second-order valence-electron chi connectivity index (χ2n) is 5.69. The third kappa shape index (κ3) is 2.71. The Morgan fingerprint density at radius 2 is 2.20 bits per heavy atom. The Labute approximate surface area is 118 Å². The van der Waals surface area contributed by atoms with Crippen LogP contribution in [0.15, 0.2) is 22.8 Å². The van der Waals surface area contributed by atoms with Gasteiger partial charge in [-0.2, -0.15) is 0 Å². The maximum Gasteiger partial charge on any atom is 0.228 e. The van der Waals surface area contributed by atoms with Crippen molar-refractivity contribution >= 4 is 11.8 Å². The molecule has 1 saturated heterocycles. The first-order chi connectivity index (χ1) is 9.74. The van der Waals surface area contributed by atoms with Crippen molar-refractivity contribution in [2.45, 2.75) is 44.7 Å². The lowest BCUT2D eigenvalue weighted by molar-refractivity contribution is -0.139. The fourth-order valence-corrected chi connectivity index (χ4v) is 3.19. The van der Waals surface area contributed by atoms with Crippen LogP contribution in [0.2, 0.25) is 0 Å². The summed E-state index contributed by atoms with van der Waals surface area (Å²) in [6, 6.07) is 4.03. The zero-order chi connectivity index (χ0) is 13.9. The SMILES string of the molecule is O=C1CC(C(=O)N(Cc2ccco2)C2CCCC2)CN1. The van der Waals surface area contributed by atoms with Gasteiger partial charge in [-0.05, 0) is 25.0 Å². The Morgan fingerprint density at radius 3 is 2.80 bits per heavy atom. The highest BCUT2D eigenvalue weighted by Crippen LogP contribution is 2.27. The summed E-state index contributed by atoms with van der Waals surface area (Å²) in [5.74, 6) is 0.667. The summed E-state index contributed by atoms with van der Waals surface area (Å²) in [4.78, 5) is 25.9. The van der Waals surface area contributed by atoms with Gasteiger partial charge in [-0.25, -0.2) is 0 Å². The number of hydrogen-bond donors (Lipinski definition) is 1. The van der Waals surface area contributed by atoms with Crippen molar-refractivity contribution in [3.63, 3.8) is 0 Å². The molecule has 1 aromatic rings. The summed E-state index contributed by atoms with van der Waals surface area (Å²) in [6.07, 6.45) is 6.41. The monoisotopic (exact) mass is 276 g/mol. The number of amides is 2. The molecule has 1 aliphatic heterocycles. The van der Waals surface area contributed by atoms with E-state index in [1.165, 1.54) is 12.8 Å². The van der Waals surface area contributed by atoms with Crippen LogP contribution in [-0.2, 0) is 16.1 Å². The molecule has 20 heavy (non-hydrogen) atoms. The minimum atomic E-state index is -0.210. The maximum atomic E-state index is 12.7. The topological polar surface area (TPSA) is 62.6 Å². The molecule has 2 aliphatic rings. The van der Waals surface area contributed by atoms with Gasteiger partial charge in [-0.3, -0.25) is 9.59 Å². The van der Waals surface area contributed by atoms with Crippen LogP contribution in [0.3, 0.4) is 0 Å². The van der Waals surface area contributed by atoms with Crippen LogP contribution in [0.4, 0.5) is 0 Å². The van der Waals surface area contributed by atoms with E-state index < -0.39 is 0 Å². The highest BCUT2D eigenvalue weighted by Gasteiger charge is 2.35. The molecule has 1 N–H and O–H groups in total. The Balaban J connectivity index is 1.73. The van der Waals surface area contributed by atoms with Crippen molar-refractivity contribution in [2.75, 3.05) is 6.54 Å². The van der Waals surface area contributed by atoms with E-state index in [0.29, 0.717) is 25.6 Å². The van der Waals surface area contributed by atoms with Gasteiger partial charge >= 0.3 is 0 Å². The fourth-order valence-electron chi connectivity index (χ4n) is 3.19. The van der Waals surface area contributed by atoms with Crippen molar-refractivity contribution in [2.24, 2.45) is 5.92 Å². The molecule has 3 rings (SSSR count). The number of nitrogens with zero attached hydrogens (tertiary/aromatic N) is 1. The van der Waals surface area contributed by atoms with E-state index in [9.17, 15) is 9.59 Å².